The lowest BCUT2D eigenvalue weighted by Crippen LogP contribution is -2.30. The highest BCUT2D eigenvalue weighted by molar-refractivity contribution is 7.84. The van der Waals surface area contributed by atoms with E-state index in [1.807, 2.05) is 19.9 Å². The maximum atomic E-state index is 13.3. The average molecular weight is 292 g/mol. The molecule has 0 radical (unpaired) electrons. The lowest BCUT2D eigenvalue weighted by Gasteiger charge is -2.20. The highest BCUT2D eigenvalue weighted by Crippen LogP contribution is 2.20. The van der Waals surface area contributed by atoms with Gasteiger partial charge in [-0.1, -0.05) is 17.7 Å². The van der Waals surface area contributed by atoms with Crippen LogP contribution in [0.5, 0.6) is 0 Å². The molecule has 102 valence electrons. The highest BCUT2D eigenvalue weighted by atomic mass is 35.5. The van der Waals surface area contributed by atoms with Crippen LogP contribution in [-0.2, 0) is 10.8 Å². The van der Waals surface area contributed by atoms with Gasteiger partial charge in [0.05, 0.1) is 5.02 Å². The third-order valence-electron chi connectivity index (χ3n) is 2.82. The average Bonchev–Trinajstić information content (AvgIpc) is 2.30. The summed E-state index contributed by atoms with van der Waals surface area (Å²) in [5, 5.41) is 3.49. The van der Waals surface area contributed by atoms with Gasteiger partial charge in [0.15, 0.2) is 0 Å². The summed E-state index contributed by atoms with van der Waals surface area (Å²) >= 11 is 5.65. The largest absolute Gasteiger partial charge is 0.308 e. The van der Waals surface area contributed by atoms with Gasteiger partial charge in [-0.15, -0.1) is 0 Å². The van der Waals surface area contributed by atoms with E-state index in [4.69, 9.17) is 11.6 Å². The number of halogens is 2. The third-order valence-corrected chi connectivity index (χ3v) is 3.93. The Morgan fingerprint density at radius 1 is 1.44 bits per heavy atom. The SMILES string of the molecule is CC(CCS(C)=O)NC(C)c1ccc(Cl)c(F)c1. The molecule has 0 aromatic heterocycles. The standard InChI is InChI=1S/C13H19ClFNOS/c1-9(6-7-18(3)17)16-10(2)11-4-5-12(14)13(15)8-11/h4-5,8-10,16H,6-7H2,1-3H3. The molecule has 0 spiro atoms. The van der Waals surface area contributed by atoms with Crippen molar-refractivity contribution in [2.75, 3.05) is 12.0 Å². The van der Waals surface area contributed by atoms with Gasteiger partial charge in [0.1, 0.15) is 5.82 Å². The Hall–Kier alpha value is -0.450. The van der Waals surface area contributed by atoms with Crippen LogP contribution in [0.4, 0.5) is 4.39 Å². The van der Waals surface area contributed by atoms with Crippen molar-refractivity contribution in [2.24, 2.45) is 0 Å². The summed E-state index contributed by atoms with van der Waals surface area (Å²) in [6, 6.07) is 5.11. The second kappa shape index (κ2) is 7.22. The van der Waals surface area contributed by atoms with Crippen LogP contribution in [0, 0.1) is 5.82 Å². The first kappa shape index (κ1) is 15.6. The molecule has 1 aromatic carbocycles. The maximum absolute atomic E-state index is 13.3. The summed E-state index contributed by atoms with van der Waals surface area (Å²) in [5.41, 5.74) is 0.862. The molecule has 1 rings (SSSR count). The molecule has 5 heteroatoms. The number of hydrogen-bond donors (Lipinski definition) is 1. The Balaban J connectivity index is 2.56. The van der Waals surface area contributed by atoms with E-state index >= 15 is 0 Å². The second-order valence-corrected chi connectivity index (χ2v) is 6.49. The summed E-state index contributed by atoms with van der Waals surface area (Å²) in [6.07, 6.45) is 2.54. The number of hydrogen-bond acceptors (Lipinski definition) is 2. The Labute approximate surface area is 115 Å². The van der Waals surface area contributed by atoms with Gasteiger partial charge in [0.2, 0.25) is 0 Å². The van der Waals surface area contributed by atoms with Crippen molar-refractivity contribution in [3.8, 4) is 0 Å². The van der Waals surface area contributed by atoms with Gasteiger partial charge in [-0.05, 0) is 38.0 Å². The van der Waals surface area contributed by atoms with Gasteiger partial charge in [-0.25, -0.2) is 4.39 Å². The van der Waals surface area contributed by atoms with E-state index in [1.165, 1.54) is 6.07 Å². The minimum atomic E-state index is -0.770. The number of rotatable bonds is 6. The zero-order valence-electron chi connectivity index (χ0n) is 10.9. The molecule has 0 aliphatic carbocycles. The number of nitrogens with one attached hydrogen (secondary N) is 1. The fourth-order valence-electron chi connectivity index (χ4n) is 1.73. The van der Waals surface area contributed by atoms with E-state index < -0.39 is 16.6 Å². The van der Waals surface area contributed by atoms with Crippen LogP contribution in [0.2, 0.25) is 5.02 Å². The normalized spacial score (nSPS) is 16.3. The quantitative estimate of drug-likeness (QED) is 0.871. The number of benzene rings is 1. The van der Waals surface area contributed by atoms with E-state index in [0.717, 1.165) is 12.0 Å². The lowest BCUT2D eigenvalue weighted by molar-refractivity contribution is 0.468. The van der Waals surface area contributed by atoms with E-state index in [9.17, 15) is 8.60 Å². The zero-order chi connectivity index (χ0) is 13.7. The second-order valence-electron chi connectivity index (χ2n) is 4.53. The van der Waals surface area contributed by atoms with Crippen LogP contribution in [0.1, 0.15) is 31.9 Å². The Bertz CT molecular complexity index is 427. The molecular weight excluding hydrogens is 273 g/mol. The summed E-state index contributed by atoms with van der Waals surface area (Å²) in [5.74, 6) is 0.278. The van der Waals surface area contributed by atoms with Gasteiger partial charge in [-0.3, -0.25) is 4.21 Å². The van der Waals surface area contributed by atoms with Crippen molar-refractivity contribution in [2.45, 2.75) is 32.4 Å². The molecule has 0 saturated carbocycles. The molecule has 3 atom stereocenters. The fourth-order valence-corrected chi connectivity index (χ4v) is 2.53. The maximum Gasteiger partial charge on any atom is 0.142 e. The fraction of sp³-hybridized carbons (Fsp3) is 0.538. The predicted octanol–water partition coefficient (Wildman–Crippen LogP) is 3.29. The Kier molecular flexibility index (Phi) is 6.26. The molecule has 1 aromatic rings. The monoisotopic (exact) mass is 291 g/mol. The van der Waals surface area contributed by atoms with Crippen LogP contribution >= 0.6 is 11.6 Å². The Morgan fingerprint density at radius 3 is 2.67 bits per heavy atom. The molecule has 0 amide bonds. The van der Waals surface area contributed by atoms with E-state index in [1.54, 1.807) is 12.3 Å². The van der Waals surface area contributed by atoms with Crippen molar-refractivity contribution in [3.63, 3.8) is 0 Å². The molecule has 0 heterocycles. The molecule has 1 N–H and O–H groups in total. The molecule has 0 aliphatic heterocycles. The van der Waals surface area contributed by atoms with Crippen LogP contribution in [-0.4, -0.2) is 22.3 Å². The van der Waals surface area contributed by atoms with E-state index in [2.05, 4.69) is 5.32 Å². The van der Waals surface area contributed by atoms with Crippen LogP contribution in [0.25, 0.3) is 0 Å². The molecule has 3 unspecified atom stereocenters. The summed E-state index contributed by atoms with van der Waals surface area (Å²) in [4.78, 5) is 0. The molecule has 0 bridgehead atoms. The highest BCUT2D eigenvalue weighted by Gasteiger charge is 2.11. The summed E-state index contributed by atoms with van der Waals surface area (Å²) < 4.78 is 24.3. The summed E-state index contributed by atoms with van der Waals surface area (Å²) in [7, 11) is -0.770. The molecule has 0 fully saturated rings. The predicted molar refractivity (Wildman–Crippen MR) is 76.0 cm³/mol. The lowest BCUT2D eigenvalue weighted by atomic mass is 10.1. The third kappa shape index (κ3) is 5.04. The minimum Gasteiger partial charge on any atom is -0.308 e. The van der Waals surface area contributed by atoms with Crippen molar-refractivity contribution in [1.82, 2.24) is 5.32 Å². The molecule has 2 nitrogen and oxygen atoms in total. The van der Waals surface area contributed by atoms with Gasteiger partial charge >= 0.3 is 0 Å². The van der Waals surface area contributed by atoms with Crippen molar-refractivity contribution in [3.05, 3.63) is 34.6 Å². The molecule has 18 heavy (non-hydrogen) atoms. The van der Waals surface area contributed by atoms with Crippen LogP contribution in [0.3, 0.4) is 0 Å². The topological polar surface area (TPSA) is 29.1 Å². The van der Waals surface area contributed by atoms with Gasteiger partial charge in [0.25, 0.3) is 0 Å². The van der Waals surface area contributed by atoms with Crippen molar-refractivity contribution >= 4 is 22.4 Å². The minimum absolute atomic E-state index is 0.0389. The molecular formula is C13H19ClFNOS. The van der Waals surface area contributed by atoms with Crippen molar-refractivity contribution in [1.29, 1.82) is 0 Å². The first-order valence-corrected chi connectivity index (χ1v) is 8.01. The zero-order valence-corrected chi connectivity index (χ0v) is 12.4. The van der Waals surface area contributed by atoms with Crippen LogP contribution < -0.4 is 5.32 Å². The molecule has 0 saturated heterocycles. The first-order valence-electron chi connectivity index (χ1n) is 5.91. The van der Waals surface area contributed by atoms with Crippen LogP contribution in [0.15, 0.2) is 18.2 Å². The van der Waals surface area contributed by atoms with E-state index in [-0.39, 0.29) is 17.1 Å². The smallest absolute Gasteiger partial charge is 0.142 e. The van der Waals surface area contributed by atoms with Gasteiger partial charge in [0, 0.05) is 34.9 Å². The van der Waals surface area contributed by atoms with Crippen molar-refractivity contribution < 1.29 is 8.60 Å². The first-order chi connectivity index (χ1) is 8.40. The van der Waals surface area contributed by atoms with Gasteiger partial charge < -0.3 is 5.32 Å². The van der Waals surface area contributed by atoms with E-state index in [0.29, 0.717) is 5.75 Å². The Morgan fingerprint density at radius 2 is 2.11 bits per heavy atom. The molecule has 0 aliphatic rings. The van der Waals surface area contributed by atoms with Gasteiger partial charge in [-0.2, -0.15) is 0 Å². The summed E-state index contributed by atoms with van der Waals surface area (Å²) in [6.45, 7) is 4.01.